The number of rotatable bonds is 4. The molecule has 0 N–H and O–H groups in total. The van der Waals surface area contributed by atoms with Crippen LogP contribution >= 0.6 is 0 Å². The lowest BCUT2D eigenvalue weighted by Crippen LogP contribution is -2.35. The fourth-order valence-corrected chi connectivity index (χ4v) is 4.75. The number of benzene rings is 2. The summed E-state index contributed by atoms with van der Waals surface area (Å²) in [6.07, 6.45) is 0.674. The van der Waals surface area contributed by atoms with Gasteiger partial charge in [-0.25, -0.2) is 13.2 Å². The van der Waals surface area contributed by atoms with Gasteiger partial charge in [-0.1, -0.05) is 24.3 Å². The van der Waals surface area contributed by atoms with Crippen molar-refractivity contribution < 1.29 is 17.9 Å². The molecule has 0 spiro atoms. The predicted molar refractivity (Wildman–Crippen MR) is 91.7 cm³/mol. The largest absolute Gasteiger partial charge is 0.462 e. The van der Waals surface area contributed by atoms with Crippen molar-refractivity contribution in [2.75, 3.05) is 10.9 Å². The van der Waals surface area contributed by atoms with E-state index in [9.17, 15) is 13.2 Å². The maximum Gasteiger partial charge on any atom is 0.338 e. The minimum absolute atomic E-state index is 0.0941. The molecule has 1 heterocycles. The Bertz CT molecular complexity index is 876. The second-order valence-corrected chi connectivity index (χ2v) is 7.55. The molecular formula is C18H19NO4S. The smallest absolute Gasteiger partial charge is 0.338 e. The third kappa shape index (κ3) is 2.78. The summed E-state index contributed by atoms with van der Waals surface area (Å²) in [4.78, 5) is 12.0. The number of para-hydroxylation sites is 1. The van der Waals surface area contributed by atoms with E-state index in [1.807, 2.05) is 31.2 Å². The van der Waals surface area contributed by atoms with Crippen LogP contribution < -0.4 is 4.31 Å². The molecular weight excluding hydrogens is 326 g/mol. The quantitative estimate of drug-likeness (QED) is 0.799. The van der Waals surface area contributed by atoms with Crippen LogP contribution in [-0.2, 0) is 21.2 Å². The Kier molecular flexibility index (Phi) is 4.32. The maximum absolute atomic E-state index is 13.1. The standard InChI is InChI=1S/C18H19NO4S/c1-3-23-18(20)15-8-6-9-16(12-15)24(21,22)19-13(2)11-14-7-4-5-10-17(14)19/h4-10,12-13H,3,11H2,1-2H3. The van der Waals surface area contributed by atoms with Crippen LogP contribution in [0.4, 0.5) is 5.69 Å². The normalized spacial score (nSPS) is 16.8. The topological polar surface area (TPSA) is 63.7 Å². The van der Waals surface area contributed by atoms with Gasteiger partial charge in [0.25, 0.3) is 10.0 Å². The van der Waals surface area contributed by atoms with Gasteiger partial charge in [-0.3, -0.25) is 4.31 Å². The highest BCUT2D eigenvalue weighted by atomic mass is 32.2. The van der Waals surface area contributed by atoms with Crippen LogP contribution in [0.25, 0.3) is 0 Å². The number of hydrogen-bond donors (Lipinski definition) is 0. The summed E-state index contributed by atoms with van der Waals surface area (Å²) in [6.45, 7) is 3.83. The van der Waals surface area contributed by atoms with Crippen LogP contribution in [0.3, 0.4) is 0 Å². The summed E-state index contributed by atoms with van der Waals surface area (Å²) < 4.78 is 32.6. The first-order chi connectivity index (χ1) is 11.4. The van der Waals surface area contributed by atoms with E-state index < -0.39 is 16.0 Å². The third-order valence-electron chi connectivity index (χ3n) is 4.05. The van der Waals surface area contributed by atoms with E-state index in [4.69, 9.17) is 4.74 Å². The summed E-state index contributed by atoms with van der Waals surface area (Å²) in [6, 6.07) is 13.3. The molecule has 0 saturated carbocycles. The highest BCUT2D eigenvalue weighted by molar-refractivity contribution is 7.92. The lowest BCUT2D eigenvalue weighted by atomic mass is 10.1. The van der Waals surface area contributed by atoms with E-state index in [0.29, 0.717) is 12.1 Å². The second-order valence-electron chi connectivity index (χ2n) is 5.73. The summed E-state index contributed by atoms with van der Waals surface area (Å²) in [5.74, 6) is -0.524. The van der Waals surface area contributed by atoms with Gasteiger partial charge in [0.2, 0.25) is 0 Å². The molecule has 0 amide bonds. The van der Waals surface area contributed by atoms with Gasteiger partial charge in [-0.05, 0) is 50.1 Å². The summed E-state index contributed by atoms with van der Waals surface area (Å²) in [7, 11) is -3.75. The van der Waals surface area contributed by atoms with Crippen LogP contribution in [0.5, 0.6) is 0 Å². The summed E-state index contributed by atoms with van der Waals surface area (Å²) in [5, 5.41) is 0. The zero-order valence-corrected chi connectivity index (χ0v) is 14.4. The Morgan fingerprint density at radius 2 is 1.96 bits per heavy atom. The number of carbonyl (C=O) groups is 1. The number of fused-ring (bicyclic) bond motifs is 1. The Morgan fingerprint density at radius 1 is 1.21 bits per heavy atom. The molecule has 0 fully saturated rings. The van der Waals surface area contributed by atoms with Crippen molar-refractivity contribution in [3.63, 3.8) is 0 Å². The number of hydrogen-bond acceptors (Lipinski definition) is 4. The zero-order valence-electron chi connectivity index (χ0n) is 13.6. The Hall–Kier alpha value is -2.34. The highest BCUT2D eigenvalue weighted by Gasteiger charge is 2.36. The van der Waals surface area contributed by atoms with Crippen molar-refractivity contribution in [3.05, 3.63) is 59.7 Å². The van der Waals surface area contributed by atoms with Crippen LogP contribution in [0, 0.1) is 0 Å². The molecule has 1 unspecified atom stereocenters. The molecule has 0 radical (unpaired) electrons. The van der Waals surface area contributed by atoms with E-state index in [2.05, 4.69) is 0 Å². The molecule has 2 aromatic rings. The predicted octanol–water partition coefficient (Wildman–Crippen LogP) is 3.00. The molecule has 2 aromatic carbocycles. The SMILES string of the molecule is CCOC(=O)c1cccc(S(=O)(=O)N2c3ccccc3CC2C)c1. The molecule has 3 rings (SSSR count). The fourth-order valence-electron chi connectivity index (χ4n) is 3.01. The van der Waals surface area contributed by atoms with Crippen molar-refractivity contribution in [1.29, 1.82) is 0 Å². The molecule has 24 heavy (non-hydrogen) atoms. The van der Waals surface area contributed by atoms with E-state index in [-0.39, 0.29) is 23.1 Å². The minimum atomic E-state index is -3.75. The van der Waals surface area contributed by atoms with Gasteiger partial charge in [-0.2, -0.15) is 0 Å². The van der Waals surface area contributed by atoms with E-state index >= 15 is 0 Å². The van der Waals surface area contributed by atoms with Crippen LogP contribution in [0.2, 0.25) is 0 Å². The van der Waals surface area contributed by atoms with Crippen molar-refractivity contribution in [1.82, 2.24) is 0 Å². The molecule has 0 aliphatic carbocycles. The third-order valence-corrected chi connectivity index (χ3v) is 5.97. The van der Waals surface area contributed by atoms with Gasteiger partial charge in [0.15, 0.2) is 0 Å². The van der Waals surface area contributed by atoms with Crippen LogP contribution in [-0.4, -0.2) is 27.0 Å². The molecule has 1 aliphatic rings. The molecule has 0 aromatic heterocycles. The fraction of sp³-hybridized carbons (Fsp3) is 0.278. The van der Waals surface area contributed by atoms with Gasteiger partial charge in [0.1, 0.15) is 0 Å². The molecule has 1 atom stereocenters. The van der Waals surface area contributed by atoms with Crippen molar-refractivity contribution in [2.24, 2.45) is 0 Å². The number of nitrogens with zero attached hydrogens (tertiary/aromatic N) is 1. The number of sulfonamides is 1. The Morgan fingerprint density at radius 3 is 2.71 bits per heavy atom. The molecule has 5 nitrogen and oxygen atoms in total. The van der Waals surface area contributed by atoms with Gasteiger partial charge in [-0.15, -0.1) is 0 Å². The Labute approximate surface area is 141 Å². The number of esters is 1. The minimum Gasteiger partial charge on any atom is -0.462 e. The average Bonchev–Trinajstić information content (AvgIpc) is 2.91. The monoisotopic (exact) mass is 345 g/mol. The number of anilines is 1. The van der Waals surface area contributed by atoms with Gasteiger partial charge in [0, 0.05) is 6.04 Å². The molecule has 0 saturated heterocycles. The lowest BCUT2D eigenvalue weighted by Gasteiger charge is -2.24. The molecule has 6 heteroatoms. The summed E-state index contributed by atoms with van der Waals surface area (Å²) >= 11 is 0. The van der Waals surface area contributed by atoms with Gasteiger partial charge in [0.05, 0.1) is 22.8 Å². The van der Waals surface area contributed by atoms with E-state index in [1.165, 1.54) is 16.4 Å². The molecule has 126 valence electrons. The molecule has 1 aliphatic heterocycles. The number of ether oxygens (including phenoxy) is 1. The van der Waals surface area contributed by atoms with Crippen molar-refractivity contribution in [2.45, 2.75) is 31.2 Å². The summed E-state index contributed by atoms with van der Waals surface area (Å²) in [5.41, 5.74) is 1.94. The van der Waals surface area contributed by atoms with Gasteiger partial charge >= 0.3 is 5.97 Å². The number of carbonyl (C=O) groups excluding carboxylic acids is 1. The highest BCUT2D eigenvalue weighted by Crippen LogP contribution is 2.36. The first-order valence-corrected chi connectivity index (χ1v) is 9.28. The Balaban J connectivity index is 2.03. The van der Waals surface area contributed by atoms with E-state index in [0.717, 1.165) is 5.56 Å². The maximum atomic E-state index is 13.1. The van der Waals surface area contributed by atoms with Crippen molar-refractivity contribution in [3.8, 4) is 0 Å². The lowest BCUT2D eigenvalue weighted by molar-refractivity contribution is 0.0526. The van der Waals surface area contributed by atoms with Crippen molar-refractivity contribution >= 4 is 21.7 Å². The zero-order chi connectivity index (χ0) is 17.3. The first-order valence-electron chi connectivity index (χ1n) is 7.84. The average molecular weight is 345 g/mol. The van der Waals surface area contributed by atoms with Crippen LogP contribution in [0.1, 0.15) is 29.8 Å². The van der Waals surface area contributed by atoms with Gasteiger partial charge < -0.3 is 4.74 Å². The molecule has 0 bridgehead atoms. The first kappa shape index (κ1) is 16.5. The second kappa shape index (κ2) is 6.28. The van der Waals surface area contributed by atoms with E-state index in [1.54, 1.807) is 19.1 Å². The van der Waals surface area contributed by atoms with Crippen LogP contribution in [0.15, 0.2) is 53.4 Å².